The number of rotatable bonds is 5. The van der Waals surface area contributed by atoms with Gasteiger partial charge in [0.25, 0.3) is 0 Å². The third kappa shape index (κ3) is 4.44. The summed E-state index contributed by atoms with van der Waals surface area (Å²) in [5.41, 5.74) is 3.14. The van der Waals surface area contributed by atoms with Crippen LogP contribution in [0.2, 0.25) is 0 Å². The van der Waals surface area contributed by atoms with Crippen molar-refractivity contribution in [3.8, 4) is 5.75 Å². The van der Waals surface area contributed by atoms with E-state index in [1.807, 2.05) is 0 Å². The highest BCUT2D eigenvalue weighted by Gasteiger charge is 2.38. The third-order valence-electron chi connectivity index (χ3n) is 8.09. The molecule has 0 N–H and O–H groups in total. The first-order valence-electron chi connectivity index (χ1n) is 11.5. The van der Waals surface area contributed by atoms with E-state index in [1.165, 1.54) is 70.6 Å². The van der Waals surface area contributed by atoms with Crippen molar-refractivity contribution in [2.45, 2.75) is 77.6 Å². The summed E-state index contributed by atoms with van der Waals surface area (Å²) in [7, 11) is 1.78. The molecule has 3 aliphatic rings. The molecule has 3 aliphatic carbocycles. The van der Waals surface area contributed by atoms with E-state index in [0.717, 1.165) is 35.3 Å². The first kappa shape index (κ1) is 19.1. The molecular formula is C26H38O. The Labute approximate surface area is 166 Å². The lowest BCUT2D eigenvalue weighted by Crippen LogP contribution is -2.35. The van der Waals surface area contributed by atoms with Gasteiger partial charge in [-0.2, -0.15) is 0 Å². The molecule has 1 nitrogen and oxygen atoms in total. The molecule has 5 atom stereocenters. The third-order valence-corrected chi connectivity index (χ3v) is 8.09. The normalized spacial score (nSPS) is 33.5. The van der Waals surface area contributed by atoms with Crippen molar-refractivity contribution in [3.63, 3.8) is 0 Å². The van der Waals surface area contributed by atoms with Crippen LogP contribution < -0.4 is 4.74 Å². The number of fused-ring (bicyclic) bond motifs is 2. The predicted molar refractivity (Wildman–Crippen MR) is 114 cm³/mol. The highest BCUT2D eigenvalue weighted by Crippen LogP contribution is 2.49. The molecule has 148 valence electrons. The Kier molecular flexibility index (Phi) is 6.25. The molecule has 0 heterocycles. The fraction of sp³-hybridized carbons (Fsp3) is 0.692. The van der Waals surface area contributed by atoms with Crippen molar-refractivity contribution in [1.82, 2.24) is 0 Å². The summed E-state index contributed by atoms with van der Waals surface area (Å²) >= 11 is 0. The quantitative estimate of drug-likeness (QED) is 0.510. The van der Waals surface area contributed by atoms with E-state index >= 15 is 0 Å². The minimum absolute atomic E-state index is 0.930. The van der Waals surface area contributed by atoms with E-state index < -0.39 is 0 Å². The Hall–Kier alpha value is -1.24. The van der Waals surface area contributed by atoms with E-state index in [1.54, 1.807) is 18.2 Å². The smallest absolute Gasteiger partial charge is 0.119 e. The Morgan fingerprint density at radius 2 is 1.70 bits per heavy atom. The largest absolute Gasteiger partial charge is 0.497 e. The maximum absolute atomic E-state index is 5.42. The molecule has 0 aliphatic heterocycles. The second-order valence-electron chi connectivity index (χ2n) is 9.56. The summed E-state index contributed by atoms with van der Waals surface area (Å²) in [6.45, 7) is 2.15. The molecule has 1 aromatic carbocycles. The Bertz CT molecular complexity index is 646. The first-order valence-corrected chi connectivity index (χ1v) is 11.5. The van der Waals surface area contributed by atoms with Crippen LogP contribution in [0, 0.1) is 29.6 Å². The molecule has 2 saturated carbocycles. The predicted octanol–water partition coefficient (Wildman–Crippen LogP) is 6.99. The Morgan fingerprint density at radius 3 is 2.52 bits per heavy atom. The fourth-order valence-electron chi connectivity index (χ4n) is 6.50. The summed E-state index contributed by atoms with van der Waals surface area (Å²) in [4.78, 5) is 0. The molecule has 0 amide bonds. The molecule has 0 spiro atoms. The number of hydrogen-bond acceptors (Lipinski definition) is 1. The van der Waals surface area contributed by atoms with Crippen LogP contribution in [-0.2, 0) is 12.8 Å². The highest BCUT2D eigenvalue weighted by molar-refractivity contribution is 5.37. The summed E-state index contributed by atoms with van der Waals surface area (Å²) in [6, 6.07) is 6.77. The van der Waals surface area contributed by atoms with Gasteiger partial charge < -0.3 is 4.74 Å². The van der Waals surface area contributed by atoms with Crippen LogP contribution in [0.4, 0.5) is 0 Å². The number of aryl methyl sites for hydroxylation is 1. The van der Waals surface area contributed by atoms with E-state index in [-0.39, 0.29) is 0 Å². The molecule has 4 rings (SSSR count). The van der Waals surface area contributed by atoms with Gasteiger partial charge in [0.15, 0.2) is 0 Å². The number of methoxy groups -OCH3 is 1. The van der Waals surface area contributed by atoms with Crippen molar-refractivity contribution in [2.75, 3.05) is 7.11 Å². The van der Waals surface area contributed by atoms with E-state index in [9.17, 15) is 0 Å². The molecule has 1 aromatic rings. The van der Waals surface area contributed by atoms with Gasteiger partial charge in [-0.25, -0.2) is 0 Å². The van der Waals surface area contributed by atoms with E-state index in [4.69, 9.17) is 4.74 Å². The lowest BCUT2D eigenvalue weighted by Gasteiger charge is -2.45. The molecule has 0 saturated heterocycles. The number of hydrogen-bond donors (Lipinski definition) is 0. The van der Waals surface area contributed by atoms with Crippen molar-refractivity contribution in [1.29, 1.82) is 0 Å². The molecule has 0 radical (unpaired) electrons. The Balaban J connectivity index is 1.31. The van der Waals surface area contributed by atoms with Crippen LogP contribution in [-0.4, -0.2) is 7.11 Å². The van der Waals surface area contributed by atoms with Gasteiger partial charge in [0.05, 0.1) is 7.11 Å². The number of ether oxygens (including phenoxy) is 1. The van der Waals surface area contributed by atoms with Crippen molar-refractivity contribution in [3.05, 3.63) is 41.5 Å². The highest BCUT2D eigenvalue weighted by atomic mass is 16.5. The van der Waals surface area contributed by atoms with Crippen LogP contribution >= 0.6 is 0 Å². The zero-order chi connectivity index (χ0) is 18.6. The number of benzene rings is 1. The van der Waals surface area contributed by atoms with Gasteiger partial charge in [0.2, 0.25) is 0 Å². The molecule has 2 fully saturated rings. The lowest BCUT2D eigenvalue weighted by molar-refractivity contribution is 0.0699. The summed E-state index contributed by atoms with van der Waals surface area (Å²) in [5.74, 6) is 6.04. The van der Waals surface area contributed by atoms with Crippen molar-refractivity contribution < 1.29 is 4.74 Å². The minimum Gasteiger partial charge on any atom is -0.497 e. The average Bonchev–Trinajstić information content (AvgIpc) is 2.72. The van der Waals surface area contributed by atoms with Gasteiger partial charge in [-0.3, -0.25) is 0 Å². The van der Waals surface area contributed by atoms with E-state index in [0.29, 0.717) is 0 Å². The SMILES string of the molecule is C/C=C/CCC1CCC2CC(C3CCc4cc(OC)ccc4C3)CCC2C1. The summed E-state index contributed by atoms with van der Waals surface area (Å²) < 4.78 is 5.42. The maximum atomic E-state index is 5.42. The molecule has 1 heteroatoms. The Morgan fingerprint density at radius 1 is 0.926 bits per heavy atom. The van der Waals surface area contributed by atoms with Gasteiger partial charge >= 0.3 is 0 Å². The summed E-state index contributed by atoms with van der Waals surface area (Å²) in [6.07, 6.45) is 20.4. The van der Waals surface area contributed by atoms with Gasteiger partial charge in [0.1, 0.15) is 5.75 Å². The van der Waals surface area contributed by atoms with Gasteiger partial charge in [-0.1, -0.05) is 24.6 Å². The molecule has 0 aromatic heterocycles. The van der Waals surface area contributed by atoms with Crippen LogP contribution in [0.1, 0.15) is 75.8 Å². The van der Waals surface area contributed by atoms with Gasteiger partial charge in [-0.05, 0) is 124 Å². The second kappa shape index (κ2) is 8.84. The summed E-state index contributed by atoms with van der Waals surface area (Å²) in [5, 5.41) is 0. The molecular weight excluding hydrogens is 328 g/mol. The monoisotopic (exact) mass is 366 g/mol. The fourth-order valence-corrected chi connectivity index (χ4v) is 6.50. The second-order valence-corrected chi connectivity index (χ2v) is 9.56. The average molecular weight is 367 g/mol. The van der Waals surface area contributed by atoms with E-state index in [2.05, 4.69) is 37.3 Å². The van der Waals surface area contributed by atoms with Crippen molar-refractivity contribution in [2.24, 2.45) is 29.6 Å². The van der Waals surface area contributed by atoms with Crippen LogP contribution in [0.15, 0.2) is 30.4 Å². The molecule has 0 bridgehead atoms. The van der Waals surface area contributed by atoms with Crippen LogP contribution in [0.25, 0.3) is 0 Å². The van der Waals surface area contributed by atoms with Gasteiger partial charge in [0, 0.05) is 0 Å². The number of allylic oxidation sites excluding steroid dienone is 2. The first-order chi connectivity index (χ1) is 13.3. The van der Waals surface area contributed by atoms with Gasteiger partial charge in [-0.15, -0.1) is 0 Å². The standard InChI is InChI=1S/C26H38O/c1-3-4-5-6-19-7-8-21-16-22(10-9-20(21)15-19)23-11-12-25-18-26(27-2)14-13-24(25)17-23/h3-4,13-14,18-23H,5-12,15-17H2,1-2H3/b4-3+. The molecule has 5 unspecified atom stereocenters. The zero-order valence-electron chi connectivity index (χ0n) is 17.5. The lowest BCUT2D eigenvalue weighted by atomic mass is 9.61. The minimum atomic E-state index is 0.930. The maximum Gasteiger partial charge on any atom is 0.119 e. The van der Waals surface area contributed by atoms with Crippen molar-refractivity contribution >= 4 is 0 Å². The topological polar surface area (TPSA) is 9.23 Å². The zero-order valence-corrected chi connectivity index (χ0v) is 17.5. The molecule has 27 heavy (non-hydrogen) atoms. The van der Waals surface area contributed by atoms with Crippen LogP contribution in [0.5, 0.6) is 5.75 Å². The van der Waals surface area contributed by atoms with Crippen LogP contribution in [0.3, 0.4) is 0 Å².